The standard InChI is InChI=1S/2C6H6.Cr/c2*1-2-4-6-5-3-1;/h2*1-6H;/q;-6;. The van der Waals surface area contributed by atoms with Crippen LogP contribution in [0.3, 0.4) is 0 Å². The van der Waals surface area contributed by atoms with Crippen LogP contribution in [0.25, 0.3) is 0 Å². The Balaban J connectivity index is 0.000000206. The zero-order valence-corrected chi connectivity index (χ0v) is 8.61. The van der Waals surface area contributed by atoms with Crippen LogP contribution < -0.4 is 0 Å². The molecule has 1 aliphatic rings. The third-order valence-electron chi connectivity index (χ3n) is 1.33. The van der Waals surface area contributed by atoms with Gasteiger partial charge in [-0.15, -0.1) is 0 Å². The van der Waals surface area contributed by atoms with E-state index in [2.05, 4.69) is 0 Å². The molecule has 0 radical (unpaired) electrons. The second-order valence-electron chi connectivity index (χ2n) is 2.31. The third-order valence-corrected chi connectivity index (χ3v) is 1.33. The molecular weight excluding hydrogens is 196 g/mol. The van der Waals surface area contributed by atoms with Gasteiger partial charge in [0.05, 0.1) is 0 Å². The second-order valence-corrected chi connectivity index (χ2v) is 2.31. The van der Waals surface area contributed by atoms with Gasteiger partial charge >= 0.3 is 0 Å². The molecule has 0 N–H and O–H groups in total. The molecule has 1 aliphatic carbocycles. The Kier molecular flexibility index (Phi) is 9.65. The minimum absolute atomic E-state index is 0. The summed E-state index contributed by atoms with van der Waals surface area (Å²) in [6, 6.07) is 12.0. The predicted molar refractivity (Wildman–Crippen MR) is 52.2 cm³/mol. The van der Waals surface area contributed by atoms with E-state index in [9.17, 15) is 0 Å². The summed E-state index contributed by atoms with van der Waals surface area (Å²) in [6.07, 6.45) is 12.0. The van der Waals surface area contributed by atoms with Crippen LogP contribution >= 0.6 is 0 Å². The summed E-state index contributed by atoms with van der Waals surface area (Å²) >= 11 is 0. The van der Waals surface area contributed by atoms with E-state index in [1.54, 1.807) is 0 Å². The maximum absolute atomic E-state index is 2.00. The molecule has 0 amide bonds. The van der Waals surface area contributed by atoms with Crippen LogP contribution in [0.4, 0.5) is 0 Å². The van der Waals surface area contributed by atoms with Gasteiger partial charge in [-0.25, -0.2) is 0 Å². The van der Waals surface area contributed by atoms with Gasteiger partial charge in [-0.05, 0) is 0 Å². The van der Waals surface area contributed by atoms with Crippen molar-refractivity contribution in [3.8, 4) is 0 Å². The number of rotatable bonds is 0. The van der Waals surface area contributed by atoms with Crippen LogP contribution in [-0.4, -0.2) is 0 Å². The van der Waals surface area contributed by atoms with Crippen molar-refractivity contribution in [2.75, 3.05) is 0 Å². The summed E-state index contributed by atoms with van der Waals surface area (Å²) in [6.45, 7) is 0. The minimum Gasteiger partial charge on any atom is -0.726 e. The summed E-state index contributed by atoms with van der Waals surface area (Å²) in [4.78, 5) is 0. The molecule has 0 spiro atoms. The van der Waals surface area contributed by atoms with Crippen LogP contribution in [0, 0.1) is 38.5 Å². The molecule has 0 aromatic heterocycles. The van der Waals surface area contributed by atoms with Gasteiger partial charge in [0.2, 0.25) is 0 Å². The van der Waals surface area contributed by atoms with E-state index < -0.39 is 0 Å². The van der Waals surface area contributed by atoms with Gasteiger partial charge in [0, 0.05) is 17.4 Å². The van der Waals surface area contributed by atoms with Crippen molar-refractivity contribution in [3.05, 3.63) is 74.9 Å². The Labute approximate surface area is 92.5 Å². The zero-order valence-electron chi connectivity index (χ0n) is 7.34. The summed E-state index contributed by atoms with van der Waals surface area (Å²) in [7, 11) is 0. The average Bonchev–Trinajstić information content (AvgIpc) is 2.24. The maximum Gasteiger partial charge on any atom is 0 e. The molecule has 0 saturated heterocycles. The molecule has 0 aliphatic heterocycles. The van der Waals surface area contributed by atoms with Gasteiger partial charge < -0.3 is 38.5 Å². The van der Waals surface area contributed by atoms with Gasteiger partial charge in [0.25, 0.3) is 0 Å². The van der Waals surface area contributed by atoms with E-state index in [0.717, 1.165) is 0 Å². The fourth-order valence-electron chi connectivity index (χ4n) is 0.770. The summed E-state index contributed by atoms with van der Waals surface area (Å²) in [5.41, 5.74) is 0. The Hall–Kier alpha value is -0.248. The van der Waals surface area contributed by atoms with Gasteiger partial charge in [0.15, 0.2) is 0 Å². The van der Waals surface area contributed by atoms with Gasteiger partial charge in [-0.2, -0.15) is 0 Å². The summed E-state index contributed by atoms with van der Waals surface area (Å²) in [5, 5.41) is 0. The van der Waals surface area contributed by atoms with Crippen molar-refractivity contribution in [3.63, 3.8) is 0 Å². The van der Waals surface area contributed by atoms with Gasteiger partial charge in [-0.1, -0.05) is 36.4 Å². The van der Waals surface area contributed by atoms with Crippen LogP contribution in [0.15, 0.2) is 36.4 Å². The zero-order chi connectivity index (χ0) is 8.49. The smallest absolute Gasteiger partial charge is 0 e. The molecule has 0 heterocycles. The third kappa shape index (κ3) is 8.09. The average molecular weight is 208 g/mol. The van der Waals surface area contributed by atoms with Crippen LogP contribution in [0.1, 0.15) is 0 Å². The topological polar surface area (TPSA) is 0 Å². The first-order valence-electron chi connectivity index (χ1n) is 4.00. The quantitative estimate of drug-likeness (QED) is 0.575. The van der Waals surface area contributed by atoms with E-state index in [1.165, 1.54) is 0 Å². The minimum atomic E-state index is 0. The fraction of sp³-hybridized carbons (Fsp3) is 0. The van der Waals surface area contributed by atoms with Crippen molar-refractivity contribution >= 4 is 0 Å². The maximum atomic E-state index is 2.00. The van der Waals surface area contributed by atoms with Crippen molar-refractivity contribution < 1.29 is 17.4 Å². The Bertz CT molecular complexity index is 130. The molecule has 0 atom stereocenters. The molecule has 1 fully saturated rings. The van der Waals surface area contributed by atoms with E-state index >= 15 is 0 Å². The number of benzene rings is 1. The molecule has 1 heteroatoms. The molecule has 1 aromatic rings. The second kappa shape index (κ2) is 9.84. The molecule has 1 aromatic carbocycles. The monoisotopic (exact) mass is 208 g/mol. The van der Waals surface area contributed by atoms with E-state index in [1.807, 2.05) is 74.9 Å². The summed E-state index contributed by atoms with van der Waals surface area (Å²) in [5.74, 6) is 0. The normalized spacial score (nSPS) is 14.8. The predicted octanol–water partition coefficient (Wildman–Crippen LogP) is 2.91. The Morgan fingerprint density at radius 3 is 0.692 bits per heavy atom. The number of hydrogen-bond acceptors (Lipinski definition) is 0. The first-order valence-corrected chi connectivity index (χ1v) is 4.00. The fourth-order valence-corrected chi connectivity index (χ4v) is 0.770. The van der Waals surface area contributed by atoms with Gasteiger partial charge in [0.1, 0.15) is 0 Å². The first-order chi connectivity index (χ1) is 6.00. The SMILES string of the molecule is [CH-]1[CH-][CH-][CH-][CH-][CH-]1.[Cr].c1ccccc1. The number of hydrogen-bond donors (Lipinski definition) is 0. The van der Waals surface area contributed by atoms with Crippen molar-refractivity contribution in [2.45, 2.75) is 0 Å². The van der Waals surface area contributed by atoms with E-state index in [0.29, 0.717) is 0 Å². The molecule has 2 rings (SSSR count). The van der Waals surface area contributed by atoms with Gasteiger partial charge in [-0.3, -0.25) is 0 Å². The molecule has 0 nitrogen and oxygen atoms in total. The van der Waals surface area contributed by atoms with E-state index in [4.69, 9.17) is 0 Å². The largest absolute Gasteiger partial charge is 0.726 e. The molecule has 1 saturated carbocycles. The van der Waals surface area contributed by atoms with Crippen LogP contribution in [-0.2, 0) is 17.4 Å². The molecular formula is C12H12Cr-6. The van der Waals surface area contributed by atoms with E-state index in [-0.39, 0.29) is 17.4 Å². The van der Waals surface area contributed by atoms with Crippen LogP contribution in [0.2, 0.25) is 0 Å². The molecule has 0 unspecified atom stereocenters. The molecule has 13 heavy (non-hydrogen) atoms. The molecule has 0 bridgehead atoms. The Morgan fingerprint density at radius 2 is 0.538 bits per heavy atom. The molecule has 72 valence electrons. The van der Waals surface area contributed by atoms with Crippen molar-refractivity contribution in [2.24, 2.45) is 0 Å². The summed E-state index contributed by atoms with van der Waals surface area (Å²) < 4.78 is 0. The first kappa shape index (κ1) is 12.8. The van der Waals surface area contributed by atoms with Crippen molar-refractivity contribution in [1.29, 1.82) is 0 Å². The van der Waals surface area contributed by atoms with Crippen LogP contribution in [0.5, 0.6) is 0 Å². The van der Waals surface area contributed by atoms with Crippen molar-refractivity contribution in [1.82, 2.24) is 0 Å². The Morgan fingerprint density at radius 1 is 0.385 bits per heavy atom.